The highest BCUT2D eigenvalue weighted by atomic mass is 16.2. The van der Waals surface area contributed by atoms with E-state index in [9.17, 15) is 4.79 Å². The van der Waals surface area contributed by atoms with Gasteiger partial charge in [0.05, 0.1) is 0 Å². The average Bonchev–Trinajstić information content (AvgIpc) is 2.05. The van der Waals surface area contributed by atoms with E-state index in [0.29, 0.717) is 6.42 Å². The first-order valence-electron chi connectivity index (χ1n) is 2.98. The summed E-state index contributed by atoms with van der Waals surface area (Å²) in [5, 5.41) is 8.28. The van der Waals surface area contributed by atoms with E-state index in [1.165, 1.54) is 17.7 Å². The predicted molar refractivity (Wildman–Crippen MR) is 37.3 cm³/mol. The molecule has 0 radical (unpaired) electrons. The lowest BCUT2D eigenvalue weighted by atomic mass is 10.4. The van der Waals surface area contributed by atoms with Gasteiger partial charge in [0.15, 0.2) is 0 Å². The van der Waals surface area contributed by atoms with Gasteiger partial charge in [0.1, 0.15) is 12.7 Å². The van der Waals surface area contributed by atoms with Crippen LogP contribution in [-0.2, 0) is 4.79 Å². The van der Waals surface area contributed by atoms with E-state index in [-0.39, 0.29) is 5.91 Å². The lowest BCUT2D eigenvalue weighted by Crippen LogP contribution is -2.41. The van der Waals surface area contributed by atoms with Crippen molar-refractivity contribution >= 4 is 18.6 Å². The molecular weight excluding hydrogens is 132 g/mol. The van der Waals surface area contributed by atoms with Gasteiger partial charge >= 0.3 is 0 Å². The van der Waals surface area contributed by atoms with Gasteiger partial charge in [-0.05, 0) is 0 Å². The van der Waals surface area contributed by atoms with Crippen molar-refractivity contribution in [2.24, 2.45) is 10.2 Å². The molecule has 0 aliphatic carbocycles. The molecule has 0 bridgehead atoms. The van der Waals surface area contributed by atoms with Crippen LogP contribution in [0.15, 0.2) is 10.2 Å². The topological polar surface area (TPSA) is 57.1 Å². The van der Waals surface area contributed by atoms with Gasteiger partial charge in [-0.15, -0.1) is 10.2 Å². The van der Waals surface area contributed by atoms with E-state index in [1.807, 2.05) is 0 Å². The Kier molecular flexibility index (Phi) is 1.99. The smallest absolute Gasteiger partial charge is 0.246 e. The fourth-order valence-electron chi connectivity index (χ4n) is 0.543. The number of hydrogen-bond donors (Lipinski definition) is 1. The number of nitrogens with one attached hydrogen (secondary N) is 1. The number of carbonyl (C=O) groups is 1. The molecule has 1 rings (SSSR count). The van der Waals surface area contributed by atoms with E-state index in [1.54, 1.807) is 6.92 Å². The molecule has 0 unspecified atom stereocenters. The molecule has 0 spiro atoms. The van der Waals surface area contributed by atoms with Crippen LogP contribution in [-0.4, -0.2) is 23.6 Å². The van der Waals surface area contributed by atoms with Crippen LogP contribution in [0.5, 0.6) is 0 Å². The Morgan fingerprint density at radius 3 is 3.00 bits per heavy atom. The molecule has 1 aliphatic heterocycles. The molecule has 5 heteroatoms. The Labute approximate surface area is 58.4 Å². The molecule has 10 heavy (non-hydrogen) atoms. The van der Waals surface area contributed by atoms with Crippen LogP contribution in [0, 0.1) is 0 Å². The van der Waals surface area contributed by atoms with Crippen molar-refractivity contribution in [3.8, 4) is 0 Å². The van der Waals surface area contributed by atoms with Crippen LogP contribution in [0.4, 0.5) is 0 Å². The van der Waals surface area contributed by atoms with E-state index in [2.05, 4.69) is 15.6 Å². The maximum Gasteiger partial charge on any atom is 0.246 e. The third-order valence-corrected chi connectivity index (χ3v) is 1.06. The van der Waals surface area contributed by atoms with Crippen molar-refractivity contribution in [2.45, 2.75) is 13.3 Å². The second kappa shape index (κ2) is 2.95. The molecule has 1 amide bonds. The Morgan fingerprint density at radius 1 is 1.70 bits per heavy atom. The predicted octanol–water partition coefficient (Wildman–Crippen LogP) is -0.285. The monoisotopic (exact) mass is 140 g/mol. The molecule has 0 aromatic carbocycles. The normalized spacial score (nSPS) is 15.1. The number of amides is 1. The summed E-state index contributed by atoms with van der Waals surface area (Å²) < 4.78 is 0. The Balaban J connectivity index is 2.51. The van der Waals surface area contributed by atoms with Crippen LogP contribution >= 0.6 is 0 Å². The third-order valence-electron chi connectivity index (χ3n) is 1.06. The molecule has 5 nitrogen and oxygen atoms in total. The van der Waals surface area contributed by atoms with Gasteiger partial charge in [0.2, 0.25) is 5.91 Å². The van der Waals surface area contributed by atoms with Gasteiger partial charge in [-0.2, -0.15) is 0 Å². The Hall–Kier alpha value is -1.39. The summed E-state index contributed by atoms with van der Waals surface area (Å²) in [5.74, 6) is -0.0325. The zero-order valence-corrected chi connectivity index (χ0v) is 5.61. The minimum absolute atomic E-state index is 0.0325. The largest absolute Gasteiger partial charge is 0.278 e. The van der Waals surface area contributed by atoms with Gasteiger partial charge in [-0.25, -0.2) is 5.01 Å². The van der Waals surface area contributed by atoms with Gasteiger partial charge in [0.25, 0.3) is 0 Å². The zero-order valence-electron chi connectivity index (χ0n) is 5.61. The fraction of sp³-hybridized carbons (Fsp3) is 0.400. The maximum atomic E-state index is 10.9. The average molecular weight is 140 g/mol. The molecule has 1 N–H and O–H groups in total. The molecule has 0 fully saturated rings. The molecular formula is C5H8N4O. The lowest BCUT2D eigenvalue weighted by Gasteiger charge is -2.16. The van der Waals surface area contributed by atoms with Crippen molar-refractivity contribution in [3.05, 3.63) is 0 Å². The van der Waals surface area contributed by atoms with Crippen molar-refractivity contribution in [1.29, 1.82) is 0 Å². The quantitative estimate of drug-likeness (QED) is 0.544. The summed E-state index contributed by atoms with van der Waals surface area (Å²) in [6.07, 6.45) is 3.15. The highest BCUT2D eigenvalue weighted by Crippen LogP contribution is 1.88. The van der Waals surface area contributed by atoms with Gasteiger partial charge in [0, 0.05) is 6.42 Å². The lowest BCUT2D eigenvalue weighted by molar-refractivity contribution is -0.128. The first-order valence-corrected chi connectivity index (χ1v) is 2.98. The molecule has 0 saturated carbocycles. The van der Waals surface area contributed by atoms with Gasteiger partial charge < -0.3 is 0 Å². The molecule has 0 aromatic heterocycles. The van der Waals surface area contributed by atoms with Crippen molar-refractivity contribution in [3.63, 3.8) is 0 Å². The van der Waals surface area contributed by atoms with Crippen molar-refractivity contribution < 1.29 is 4.79 Å². The Bertz CT molecular complexity index is 186. The highest BCUT2D eigenvalue weighted by molar-refractivity contribution is 5.89. The summed E-state index contributed by atoms with van der Waals surface area (Å²) in [7, 11) is 0. The van der Waals surface area contributed by atoms with Gasteiger partial charge in [-0.3, -0.25) is 10.2 Å². The number of hydrogen-bond acceptors (Lipinski definition) is 4. The van der Waals surface area contributed by atoms with E-state index < -0.39 is 0 Å². The summed E-state index contributed by atoms with van der Waals surface area (Å²) in [6, 6.07) is 0. The fourth-order valence-corrected chi connectivity index (χ4v) is 0.543. The number of nitrogens with zero attached hydrogens (tertiary/aromatic N) is 3. The number of carbonyl (C=O) groups excluding carboxylic acids is 1. The van der Waals surface area contributed by atoms with Crippen LogP contribution < -0.4 is 5.43 Å². The van der Waals surface area contributed by atoms with Crippen LogP contribution in [0.3, 0.4) is 0 Å². The van der Waals surface area contributed by atoms with Crippen molar-refractivity contribution in [2.75, 3.05) is 0 Å². The standard InChI is InChI=1S/C5H8N4O/c1-2-5(10)9-4-7-6-3-8-9/h3-4H,2H2,1H3,(H,6,8). The SMILES string of the molecule is CCC(=O)N1C=NN=CN1. The van der Waals surface area contributed by atoms with E-state index in [4.69, 9.17) is 0 Å². The second-order valence-electron chi connectivity index (χ2n) is 1.72. The number of rotatable bonds is 1. The summed E-state index contributed by atoms with van der Waals surface area (Å²) in [6.45, 7) is 1.78. The minimum atomic E-state index is -0.0325. The summed E-state index contributed by atoms with van der Waals surface area (Å²) >= 11 is 0. The molecule has 0 saturated heterocycles. The second-order valence-corrected chi connectivity index (χ2v) is 1.72. The zero-order chi connectivity index (χ0) is 7.40. The first kappa shape index (κ1) is 6.73. The molecule has 1 aliphatic rings. The molecule has 0 atom stereocenters. The van der Waals surface area contributed by atoms with E-state index in [0.717, 1.165) is 0 Å². The molecule has 1 heterocycles. The maximum absolute atomic E-state index is 10.9. The third kappa shape index (κ3) is 1.31. The van der Waals surface area contributed by atoms with Gasteiger partial charge in [-0.1, -0.05) is 6.92 Å². The van der Waals surface area contributed by atoms with E-state index >= 15 is 0 Å². The van der Waals surface area contributed by atoms with Crippen LogP contribution in [0.25, 0.3) is 0 Å². The molecule has 54 valence electrons. The first-order chi connectivity index (χ1) is 4.84. The Morgan fingerprint density at radius 2 is 2.50 bits per heavy atom. The number of hydrazine groups is 1. The van der Waals surface area contributed by atoms with Crippen LogP contribution in [0.1, 0.15) is 13.3 Å². The summed E-state index contributed by atoms with van der Waals surface area (Å²) in [4.78, 5) is 10.9. The minimum Gasteiger partial charge on any atom is -0.278 e. The summed E-state index contributed by atoms with van der Waals surface area (Å²) in [5.41, 5.74) is 2.61. The molecule has 0 aromatic rings. The van der Waals surface area contributed by atoms with Crippen LogP contribution in [0.2, 0.25) is 0 Å². The highest BCUT2D eigenvalue weighted by Gasteiger charge is 2.07. The van der Waals surface area contributed by atoms with Crippen molar-refractivity contribution in [1.82, 2.24) is 10.4 Å².